The minimum absolute atomic E-state index is 0.0805. The first kappa shape index (κ1) is 25.2. The number of ether oxygens (including phenoxy) is 2. The van der Waals surface area contributed by atoms with E-state index < -0.39 is 0 Å². The molecule has 0 radical (unpaired) electrons. The number of thioether (sulfide) groups is 1. The second kappa shape index (κ2) is 11.0. The first-order valence-electron chi connectivity index (χ1n) is 12.4. The molecule has 0 fully saturated rings. The molecular weight excluding hydrogens is 526 g/mol. The highest BCUT2D eigenvalue weighted by atomic mass is 32.2. The van der Waals surface area contributed by atoms with Crippen LogP contribution in [0.2, 0.25) is 0 Å². The second-order valence-electron chi connectivity index (χ2n) is 8.76. The lowest BCUT2D eigenvalue weighted by atomic mass is 10.2. The summed E-state index contributed by atoms with van der Waals surface area (Å²) in [6, 6.07) is 31.1. The Balaban J connectivity index is 1.27. The van der Waals surface area contributed by atoms with E-state index in [1.807, 2.05) is 72.8 Å². The molecule has 0 saturated carbocycles. The van der Waals surface area contributed by atoms with Gasteiger partial charge in [-0.3, -0.25) is 14.0 Å². The summed E-state index contributed by atoms with van der Waals surface area (Å²) < 4.78 is 14.5. The van der Waals surface area contributed by atoms with Crippen LogP contribution in [-0.4, -0.2) is 37.9 Å². The molecule has 0 atom stereocenters. The number of rotatable bonds is 8. The Morgan fingerprint density at radius 1 is 0.850 bits per heavy atom. The molecule has 2 aromatic heterocycles. The number of carbonyl (C=O) groups is 1. The lowest BCUT2D eigenvalue weighted by Gasteiger charge is -2.12. The van der Waals surface area contributed by atoms with E-state index in [0.717, 1.165) is 0 Å². The fourth-order valence-corrected chi connectivity index (χ4v) is 5.08. The van der Waals surface area contributed by atoms with E-state index in [4.69, 9.17) is 9.47 Å². The van der Waals surface area contributed by atoms with Crippen molar-refractivity contribution >= 4 is 40.0 Å². The highest BCUT2D eigenvalue weighted by molar-refractivity contribution is 7.99. The summed E-state index contributed by atoms with van der Waals surface area (Å²) in [7, 11) is 1.57. The number of hydrogen-bond donors (Lipinski definition) is 1. The van der Waals surface area contributed by atoms with E-state index >= 15 is 0 Å². The van der Waals surface area contributed by atoms with Crippen molar-refractivity contribution in [2.24, 2.45) is 0 Å². The van der Waals surface area contributed by atoms with Crippen LogP contribution in [0.3, 0.4) is 0 Å². The Bertz CT molecular complexity index is 1900. The van der Waals surface area contributed by atoms with Gasteiger partial charge in [-0.1, -0.05) is 54.2 Å². The summed E-state index contributed by atoms with van der Waals surface area (Å²) in [4.78, 5) is 26.4. The number of fused-ring (bicyclic) bond motifs is 3. The van der Waals surface area contributed by atoms with E-state index in [9.17, 15) is 9.59 Å². The van der Waals surface area contributed by atoms with Crippen molar-refractivity contribution in [2.45, 2.75) is 5.16 Å². The summed E-state index contributed by atoms with van der Waals surface area (Å²) in [5, 5.41) is 12.6. The van der Waals surface area contributed by atoms with Crippen molar-refractivity contribution < 1.29 is 14.3 Å². The Morgan fingerprint density at radius 2 is 1.60 bits per heavy atom. The van der Waals surface area contributed by atoms with E-state index in [1.165, 1.54) is 16.3 Å². The van der Waals surface area contributed by atoms with Crippen LogP contribution >= 0.6 is 11.8 Å². The maximum absolute atomic E-state index is 13.5. The van der Waals surface area contributed by atoms with Crippen molar-refractivity contribution in [3.63, 3.8) is 0 Å². The molecule has 6 rings (SSSR count). The molecular formula is C30H23N5O4S. The van der Waals surface area contributed by atoms with Crippen molar-refractivity contribution in [2.75, 3.05) is 18.2 Å². The van der Waals surface area contributed by atoms with E-state index in [0.29, 0.717) is 50.5 Å². The zero-order valence-corrected chi connectivity index (χ0v) is 22.2. The normalized spacial score (nSPS) is 11.0. The minimum atomic E-state index is -0.226. The molecule has 0 bridgehead atoms. The average Bonchev–Trinajstić information content (AvgIpc) is 3.41. The maximum Gasteiger partial charge on any atom is 0.267 e. The monoisotopic (exact) mass is 549 g/mol. The molecule has 10 heteroatoms. The SMILES string of the molecule is COc1cccc(-n2c(=O)c3ccccc3n3c(SCC(=O)Nc4cccc(Oc5ccccc5)c4)nnc23)c1. The van der Waals surface area contributed by atoms with Crippen LogP contribution in [0.1, 0.15) is 0 Å². The molecule has 0 unspecified atom stereocenters. The van der Waals surface area contributed by atoms with E-state index in [2.05, 4.69) is 15.5 Å². The number of amides is 1. The molecule has 1 N–H and O–H groups in total. The molecule has 0 spiro atoms. The first-order valence-corrected chi connectivity index (χ1v) is 13.4. The molecule has 9 nitrogen and oxygen atoms in total. The van der Waals surface area contributed by atoms with Gasteiger partial charge in [-0.25, -0.2) is 4.57 Å². The van der Waals surface area contributed by atoms with Crippen LogP contribution in [0, 0.1) is 0 Å². The van der Waals surface area contributed by atoms with E-state index in [-0.39, 0.29) is 17.2 Å². The number of carbonyl (C=O) groups excluding carboxylic acids is 1. The standard InChI is InChI=1S/C30H23N5O4S/c1-38-23-13-8-10-21(18-23)34-28(37)25-15-5-6-16-26(25)35-29(34)32-33-30(35)40-19-27(36)31-20-9-7-14-24(17-20)39-22-11-3-2-4-12-22/h2-18H,19H2,1H3,(H,31,36). The van der Waals surface area contributed by atoms with Gasteiger partial charge in [0, 0.05) is 17.8 Å². The van der Waals surface area contributed by atoms with Crippen LogP contribution in [0.15, 0.2) is 113 Å². The lowest BCUT2D eigenvalue weighted by molar-refractivity contribution is -0.113. The van der Waals surface area contributed by atoms with Crippen LogP contribution in [0.25, 0.3) is 22.4 Å². The Morgan fingerprint density at radius 3 is 2.45 bits per heavy atom. The summed E-state index contributed by atoms with van der Waals surface area (Å²) in [6.07, 6.45) is 0. The summed E-state index contributed by atoms with van der Waals surface area (Å²) >= 11 is 1.23. The Labute approximate surface area is 233 Å². The molecule has 1 amide bonds. The minimum Gasteiger partial charge on any atom is -0.497 e. The molecule has 0 aliphatic heterocycles. The smallest absolute Gasteiger partial charge is 0.267 e. The van der Waals surface area contributed by atoms with Crippen LogP contribution in [0.4, 0.5) is 5.69 Å². The van der Waals surface area contributed by atoms with Gasteiger partial charge in [-0.2, -0.15) is 0 Å². The van der Waals surface area contributed by atoms with Gasteiger partial charge in [-0.15, -0.1) is 10.2 Å². The van der Waals surface area contributed by atoms with E-state index in [1.54, 1.807) is 41.8 Å². The van der Waals surface area contributed by atoms with Crippen LogP contribution in [-0.2, 0) is 4.79 Å². The van der Waals surface area contributed by atoms with Gasteiger partial charge in [0.15, 0.2) is 5.16 Å². The molecule has 0 aliphatic carbocycles. The molecule has 0 aliphatic rings. The largest absolute Gasteiger partial charge is 0.497 e. The van der Waals surface area contributed by atoms with Gasteiger partial charge in [0.05, 0.1) is 29.5 Å². The predicted octanol–water partition coefficient (Wildman–Crippen LogP) is 5.57. The molecule has 40 heavy (non-hydrogen) atoms. The fourth-order valence-electron chi connectivity index (χ4n) is 4.34. The highest BCUT2D eigenvalue weighted by Crippen LogP contribution is 2.26. The molecule has 4 aromatic carbocycles. The zero-order valence-electron chi connectivity index (χ0n) is 21.4. The van der Waals surface area contributed by atoms with Gasteiger partial charge in [0.2, 0.25) is 11.7 Å². The quantitative estimate of drug-likeness (QED) is 0.248. The zero-order chi connectivity index (χ0) is 27.5. The molecule has 0 saturated heterocycles. The lowest BCUT2D eigenvalue weighted by Crippen LogP contribution is -2.22. The third-order valence-corrected chi connectivity index (χ3v) is 7.06. The molecule has 2 heterocycles. The topological polar surface area (TPSA) is 99.8 Å². The number of methoxy groups -OCH3 is 1. The maximum atomic E-state index is 13.5. The summed E-state index contributed by atoms with van der Waals surface area (Å²) in [5.41, 5.74) is 1.64. The number of anilines is 1. The molecule has 6 aromatic rings. The van der Waals surface area contributed by atoms with Crippen LogP contribution in [0.5, 0.6) is 17.2 Å². The van der Waals surface area contributed by atoms with Gasteiger partial charge in [0.25, 0.3) is 5.56 Å². The number of benzene rings is 4. The van der Waals surface area contributed by atoms with Crippen LogP contribution < -0.4 is 20.3 Å². The third-order valence-electron chi connectivity index (χ3n) is 6.14. The number of aromatic nitrogens is 4. The summed E-state index contributed by atoms with van der Waals surface area (Å²) in [5.74, 6) is 2.13. The number of nitrogens with one attached hydrogen (secondary N) is 1. The van der Waals surface area contributed by atoms with Crippen molar-refractivity contribution in [3.8, 4) is 22.9 Å². The summed E-state index contributed by atoms with van der Waals surface area (Å²) in [6.45, 7) is 0. The van der Waals surface area contributed by atoms with Crippen molar-refractivity contribution in [1.29, 1.82) is 0 Å². The Hall–Kier alpha value is -5.09. The van der Waals surface area contributed by atoms with Crippen molar-refractivity contribution in [3.05, 3.63) is 113 Å². The van der Waals surface area contributed by atoms with Gasteiger partial charge in [-0.05, 0) is 48.5 Å². The average molecular weight is 550 g/mol. The third kappa shape index (κ3) is 4.99. The number of nitrogens with zero attached hydrogens (tertiary/aromatic N) is 4. The second-order valence-corrected chi connectivity index (χ2v) is 9.70. The number of hydrogen-bond acceptors (Lipinski definition) is 7. The highest BCUT2D eigenvalue weighted by Gasteiger charge is 2.19. The first-order chi connectivity index (χ1) is 19.6. The van der Waals surface area contributed by atoms with Gasteiger partial charge in [0.1, 0.15) is 17.2 Å². The predicted molar refractivity (Wildman–Crippen MR) is 155 cm³/mol. The number of para-hydroxylation sites is 2. The fraction of sp³-hybridized carbons (Fsp3) is 0.0667. The molecule has 198 valence electrons. The Kier molecular flexibility index (Phi) is 6.90. The van der Waals surface area contributed by atoms with Gasteiger partial charge >= 0.3 is 0 Å². The van der Waals surface area contributed by atoms with Gasteiger partial charge < -0.3 is 14.8 Å². The van der Waals surface area contributed by atoms with Crippen molar-refractivity contribution in [1.82, 2.24) is 19.2 Å².